The zero-order valence-electron chi connectivity index (χ0n) is 6.34. The minimum Gasteiger partial charge on any atom is -0.341 e. The number of hydrogen-bond donors (Lipinski definition) is 0. The lowest BCUT2D eigenvalue weighted by Crippen LogP contribution is -2.26. The normalized spacial score (nSPS) is 42.9. The number of hydrogen-bond acceptors (Lipinski definition) is 2. The second kappa shape index (κ2) is 2.77. The molecule has 0 N–H and O–H groups in total. The van der Waals surface area contributed by atoms with E-state index in [0.717, 1.165) is 6.04 Å². The summed E-state index contributed by atoms with van der Waals surface area (Å²) < 4.78 is 8.12. The van der Waals surface area contributed by atoms with Gasteiger partial charge in [0.05, 0.1) is 15.1 Å². The Morgan fingerprint density at radius 3 is 3.40 bits per heavy atom. The first kappa shape index (κ1) is 7.02. The molecule has 1 unspecified atom stereocenters. The van der Waals surface area contributed by atoms with E-state index >= 15 is 0 Å². The summed E-state index contributed by atoms with van der Waals surface area (Å²) in [5.41, 5.74) is 0. The molecule has 0 aliphatic carbocycles. The Hall–Kier alpha value is 0.350. The molecular formula is C7H14NOP. The summed E-state index contributed by atoms with van der Waals surface area (Å²) in [5.74, 6) is 0. The first-order valence-electron chi connectivity index (χ1n) is 4.09. The molecule has 0 spiro atoms. The fourth-order valence-corrected chi connectivity index (χ4v) is 3.14. The molecule has 0 saturated carbocycles. The Bertz CT molecular complexity index is 131. The zero-order valence-corrected chi connectivity index (χ0v) is 7.34. The third-order valence-electron chi connectivity index (χ3n) is 2.45. The van der Waals surface area contributed by atoms with E-state index in [0.29, 0.717) is 15.1 Å². The van der Waals surface area contributed by atoms with Gasteiger partial charge in [0.2, 0.25) is 0 Å². The van der Waals surface area contributed by atoms with Gasteiger partial charge in [-0.3, -0.25) is 4.67 Å². The van der Waals surface area contributed by atoms with Gasteiger partial charge in [-0.2, -0.15) is 0 Å². The standard InChI is InChI=1S/C7H14NOP/c1-2-7-6-4-3-5-8(6)10-9-7/h6-7,10H,2-5H2,1H3/t6-,7+/m0/s1. The summed E-state index contributed by atoms with van der Waals surface area (Å²) in [7, 11) is 0.663. The van der Waals surface area contributed by atoms with Crippen LogP contribution in [0.25, 0.3) is 0 Å². The number of nitrogens with zero attached hydrogens (tertiary/aromatic N) is 1. The maximum atomic E-state index is 5.62. The highest BCUT2D eigenvalue weighted by atomic mass is 31.1. The van der Waals surface area contributed by atoms with Crippen LogP contribution in [-0.2, 0) is 4.52 Å². The van der Waals surface area contributed by atoms with E-state index in [1.54, 1.807) is 0 Å². The molecule has 0 aromatic carbocycles. The van der Waals surface area contributed by atoms with Crippen LogP contribution in [-0.4, -0.2) is 23.4 Å². The van der Waals surface area contributed by atoms with Crippen molar-refractivity contribution in [3.63, 3.8) is 0 Å². The van der Waals surface area contributed by atoms with Gasteiger partial charge < -0.3 is 4.52 Å². The molecule has 58 valence electrons. The van der Waals surface area contributed by atoms with Crippen molar-refractivity contribution in [2.75, 3.05) is 6.54 Å². The van der Waals surface area contributed by atoms with Crippen LogP contribution in [0.5, 0.6) is 0 Å². The predicted molar refractivity (Wildman–Crippen MR) is 43.2 cm³/mol. The van der Waals surface area contributed by atoms with Gasteiger partial charge >= 0.3 is 0 Å². The van der Waals surface area contributed by atoms with Crippen LogP contribution in [0.15, 0.2) is 0 Å². The van der Waals surface area contributed by atoms with Crippen LogP contribution in [0.3, 0.4) is 0 Å². The van der Waals surface area contributed by atoms with Crippen LogP contribution < -0.4 is 0 Å². The third kappa shape index (κ3) is 0.990. The average Bonchev–Trinajstić information content (AvgIpc) is 2.44. The fourth-order valence-electron chi connectivity index (χ4n) is 1.86. The summed E-state index contributed by atoms with van der Waals surface area (Å²) in [6.07, 6.45) is 4.50. The first-order valence-corrected chi connectivity index (χ1v) is 4.95. The van der Waals surface area contributed by atoms with Crippen molar-refractivity contribution in [2.45, 2.75) is 38.3 Å². The molecule has 10 heavy (non-hydrogen) atoms. The Morgan fingerprint density at radius 1 is 1.70 bits per heavy atom. The maximum Gasteiger partial charge on any atom is 0.0897 e. The van der Waals surface area contributed by atoms with Crippen molar-refractivity contribution in [3.8, 4) is 0 Å². The second-order valence-corrected chi connectivity index (χ2v) is 4.05. The van der Waals surface area contributed by atoms with Crippen LogP contribution >= 0.6 is 8.96 Å². The molecular weight excluding hydrogens is 145 g/mol. The lowest BCUT2D eigenvalue weighted by Gasteiger charge is -2.14. The molecule has 2 heterocycles. The van der Waals surface area contributed by atoms with Gasteiger partial charge in [0, 0.05) is 12.6 Å². The van der Waals surface area contributed by atoms with Gasteiger partial charge in [0.1, 0.15) is 0 Å². The van der Waals surface area contributed by atoms with Crippen molar-refractivity contribution >= 4 is 8.96 Å². The zero-order chi connectivity index (χ0) is 6.97. The molecule has 3 heteroatoms. The first-order chi connectivity index (χ1) is 4.92. The molecule has 2 rings (SSSR count). The Kier molecular flexibility index (Phi) is 1.94. The SMILES string of the molecule is CC[C@H]1OPN2CCC[C@@H]12. The molecule has 3 atom stereocenters. The third-order valence-corrected chi connectivity index (χ3v) is 3.65. The van der Waals surface area contributed by atoms with Crippen molar-refractivity contribution in [3.05, 3.63) is 0 Å². The van der Waals surface area contributed by atoms with Crippen molar-refractivity contribution in [1.82, 2.24) is 4.67 Å². The minimum atomic E-state index is 0.556. The van der Waals surface area contributed by atoms with Gasteiger partial charge in [-0.25, -0.2) is 0 Å². The van der Waals surface area contributed by atoms with Crippen molar-refractivity contribution in [2.24, 2.45) is 0 Å². The monoisotopic (exact) mass is 159 g/mol. The van der Waals surface area contributed by atoms with E-state index < -0.39 is 0 Å². The summed E-state index contributed by atoms with van der Waals surface area (Å²) in [6.45, 7) is 3.50. The van der Waals surface area contributed by atoms with E-state index in [2.05, 4.69) is 11.6 Å². The van der Waals surface area contributed by atoms with Crippen molar-refractivity contribution < 1.29 is 4.52 Å². The van der Waals surface area contributed by atoms with E-state index in [1.165, 1.54) is 25.8 Å². The Labute approximate surface area is 63.8 Å². The van der Waals surface area contributed by atoms with Gasteiger partial charge in [-0.05, 0) is 19.3 Å². The van der Waals surface area contributed by atoms with E-state index in [4.69, 9.17) is 4.52 Å². The maximum absolute atomic E-state index is 5.62. The van der Waals surface area contributed by atoms with Gasteiger partial charge in [-0.1, -0.05) is 6.92 Å². The quantitative estimate of drug-likeness (QED) is 0.540. The van der Waals surface area contributed by atoms with Gasteiger partial charge in [0.15, 0.2) is 0 Å². The summed E-state index contributed by atoms with van der Waals surface area (Å²) in [4.78, 5) is 0. The molecule has 2 nitrogen and oxygen atoms in total. The molecule has 0 bridgehead atoms. The lowest BCUT2D eigenvalue weighted by atomic mass is 10.1. The molecule has 2 aliphatic heterocycles. The predicted octanol–water partition coefficient (Wildman–Crippen LogP) is 1.77. The van der Waals surface area contributed by atoms with Crippen LogP contribution in [0.1, 0.15) is 26.2 Å². The highest BCUT2D eigenvalue weighted by Gasteiger charge is 2.37. The average molecular weight is 159 g/mol. The fraction of sp³-hybridized carbons (Fsp3) is 1.00. The van der Waals surface area contributed by atoms with E-state index in [9.17, 15) is 0 Å². The summed E-state index contributed by atoms with van der Waals surface area (Å²) in [6, 6.07) is 0.781. The van der Waals surface area contributed by atoms with Gasteiger partial charge in [-0.15, -0.1) is 0 Å². The summed E-state index contributed by atoms with van der Waals surface area (Å²) in [5, 5.41) is 0. The molecule has 0 aromatic heterocycles. The smallest absolute Gasteiger partial charge is 0.0897 e. The van der Waals surface area contributed by atoms with Gasteiger partial charge in [0.25, 0.3) is 0 Å². The molecule has 2 fully saturated rings. The van der Waals surface area contributed by atoms with Crippen LogP contribution in [0.2, 0.25) is 0 Å². The van der Waals surface area contributed by atoms with E-state index in [1.807, 2.05) is 0 Å². The molecule has 2 aliphatic rings. The van der Waals surface area contributed by atoms with Crippen LogP contribution in [0.4, 0.5) is 0 Å². The second-order valence-electron chi connectivity index (χ2n) is 3.06. The van der Waals surface area contributed by atoms with Crippen LogP contribution in [0, 0.1) is 0 Å². The molecule has 2 saturated heterocycles. The minimum absolute atomic E-state index is 0.556. The lowest BCUT2D eigenvalue weighted by molar-refractivity contribution is 0.207. The Morgan fingerprint density at radius 2 is 2.60 bits per heavy atom. The molecule has 0 aromatic rings. The van der Waals surface area contributed by atoms with Crippen molar-refractivity contribution in [1.29, 1.82) is 0 Å². The topological polar surface area (TPSA) is 12.5 Å². The highest BCUT2D eigenvalue weighted by Crippen LogP contribution is 2.42. The Balaban J connectivity index is 2.01. The summed E-state index contributed by atoms with van der Waals surface area (Å²) >= 11 is 0. The number of fused-ring (bicyclic) bond motifs is 1. The number of rotatable bonds is 1. The highest BCUT2D eigenvalue weighted by molar-refractivity contribution is 7.29. The largest absolute Gasteiger partial charge is 0.341 e. The molecule has 0 amide bonds. The van der Waals surface area contributed by atoms with E-state index in [-0.39, 0.29) is 0 Å². The molecule has 0 radical (unpaired) electrons.